The Balaban J connectivity index is 1.29. The molecule has 0 aromatic heterocycles. The first-order valence-electron chi connectivity index (χ1n) is 12.5. The number of rotatable bonds is 10. The minimum absolute atomic E-state index is 0.0570. The van der Waals surface area contributed by atoms with E-state index in [1.165, 1.54) is 24.3 Å². The second-order valence-corrected chi connectivity index (χ2v) is 8.96. The van der Waals surface area contributed by atoms with Crippen LogP contribution in [0.25, 0.3) is 6.08 Å². The van der Waals surface area contributed by atoms with E-state index in [-0.39, 0.29) is 17.5 Å². The lowest BCUT2D eigenvalue weighted by Crippen LogP contribution is -2.49. The summed E-state index contributed by atoms with van der Waals surface area (Å²) in [4.78, 5) is 16.8. The van der Waals surface area contributed by atoms with E-state index in [4.69, 9.17) is 14.2 Å². The van der Waals surface area contributed by atoms with Crippen LogP contribution in [0.3, 0.4) is 0 Å². The number of carbonyl (C=O) groups is 1. The number of methoxy groups -OCH3 is 2. The summed E-state index contributed by atoms with van der Waals surface area (Å²) in [5.41, 5.74) is 2.37. The van der Waals surface area contributed by atoms with Gasteiger partial charge in [-0.15, -0.1) is 0 Å². The molecule has 1 heterocycles. The largest absolute Gasteiger partial charge is 0.497 e. The lowest BCUT2D eigenvalue weighted by atomic mass is 10.0. The second kappa shape index (κ2) is 13.2. The molecule has 0 spiro atoms. The SMILES string of the molecule is COc1ccc(OC)c(/C=C/C(=O)N2CCN(CCOC(c3ccc(F)cc3)c3ccc(F)cc3)CC2)c1. The summed E-state index contributed by atoms with van der Waals surface area (Å²) in [5, 5.41) is 0. The van der Waals surface area contributed by atoms with Crippen molar-refractivity contribution >= 4 is 12.0 Å². The standard InChI is InChI=1S/C30H32F2N2O4/c1-36-27-12-13-28(37-2)24(21-27)7-14-29(35)34-17-15-33(16-18-34)19-20-38-30(22-3-8-25(31)9-4-22)23-5-10-26(32)11-6-23/h3-14,21,30H,15-20H2,1-2H3/b14-7+. The quantitative estimate of drug-likeness (QED) is 0.353. The molecule has 6 nitrogen and oxygen atoms in total. The topological polar surface area (TPSA) is 51.2 Å². The molecule has 0 aliphatic carbocycles. The van der Waals surface area contributed by atoms with Crippen molar-refractivity contribution in [3.8, 4) is 11.5 Å². The molecule has 4 rings (SSSR count). The van der Waals surface area contributed by atoms with Crippen LogP contribution in [-0.2, 0) is 9.53 Å². The summed E-state index contributed by atoms with van der Waals surface area (Å²) in [6, 6.07) is 17.7. The first-order valence-corrected chi connectivity index (χ1v) is 12.5. The number of halogens is 2. The van der Waals surface area contributed by atoms with Crippen molar-refractivity contribution in [2.45, 2.75) is 6.10 Å². The second-order valence-electron chi connectivity index (χ2n) is 8.96. The highest BCUT2D eigenvalue weighted by Crippen LogP contribution is 2.27. The van der Waals surface area contributed by atoms with Crippen LogP contribution < -0.4 is 9.47 Å². The van der Waals surface area contributed by atoms with Crippen LogP contribution in [0, 0.1) is 11.6 Å². The van der Waals surface area contributed by atoms with Crippen LogP contribution >= 0.6 is 0 Å². The third-order valence-corrected chi connectivity index (χ3v) is 6.56. The third kappa shape index (κ3) is 7.18. The average molecular weight is 523 g/mol. The molecule has 200 valence electrons. The van der Waals surface area contributed by atoms with Crippen molar-refractivity contribution in [2.24, 2.45) is 0 Å². The Morgan fingerprint density at radius 2 is 1.47 bits per heavy atom. The average Bonchev–Trinajstić information content (AvgIpc) is 2.95. The van der Waals surface area contributed by atoms with E-state index >= 15 is 0 Å². The van der Waals surface area contributed by atoms with Gasteiger partial charge in [-0.2, -0.15) is 0 Å². The maximum Gasteiger partial charge on any atom is 0.246 e. The molecule has 1 amide bonds. The zero-order chi connectivity index (χ0) is 26.9. The molecule has 3 aromatic carbocycles. The van der Waals surface area contributed by atoms with Gasteiger partial charge in [-0.3, -0.25) is 9.69 Å². The van der Waals surface area contributed by atoms with E-state index < -0.39 is 6.10 Å². The first kappa shape index (κ1) is 27.3. The molecule has 0 saturated carbocycles. The Bertz CT molecular complexity index is 1180. The van der Waals surface area contributed by atoms with E-state index in [1.54, 1.807) is 56.7 Å². The molecule has 8 heteroatoms. The predicted octanol–water partition coefficient (Wildman–Crippen LogP) is 4.95. The van der Waals surface area contributed by atoms with Gasteiger partial charge in [-0.25, -0.2) is 8.78 Å². The summed E-state index contributed by atoms with van der Waals surface area (Å²) >= 11 is 0. The molecule has 1 fully saturated rings. The monoisotopic (exact) mass is 522 g/mol. The minimum atomic E-state index is -0.433. The highest BCUT2D eigenvalue weighted by atomic mass is 19.1. The Hall–Kier alpha value is -3.75. The molecular formula is C30H32F2N2O4. The van der Waals surface area contributed by atoms with E-state index in [1.807, 2.05) is 17.0 Å². The van der Waals surface area contributed by atoms with Crippen molar-refractivity contribution in [1.82, 2.24) is 9.80 Å². The zero-order valence-corrected chi connectivity index (χ0v) is 21.6. The molecule has 1 aliphatic heterocycles. The Morgan fingerprint density at radius 1 is 0.868 bits per heavy atom. The summed E-state index contributed by atoms with van der Waals surface area (Å²) in [6.45, 7) is 3.78. The number of hydrogen-bond donors (Lipinski definition) is 0. The highest BCUT2D eigenvalue weighted by molar-refractivity contribution is 5.92. The molecule has 0 atom stereocenters. The summed E-state index contributed by atoms with van der Waals surface area (Å²) in [7, 11) is 3.18. The maximum absolute atomic E-state index is 13.4. The van der Waals surface area contributed by atoms with E-state index in [0.29, 0.717) is 37.7 Å². The molecule has 38 heavy (non-hydrogen) atoms. The highest BCUT2D eigenvalue weighted by Gasteiger charge is 2.21. The maximum atomic E-state index is 13.4. The summed E-state index contributed by atoms with van der Waals surface area (Å²) < 4.78 is 43.7. The number of benzene rings is 3. The number of ether oxygens (including phenoxy) is 3. The molecule has 1 saturated heterocycles. The smallest absolute Gasteiger partial charge is 0.246 e. The number of nitrogens with zero attached hydrogens (tertiary/aromatic N) is 2. The Morgan fingerprint density at radius 3 is 2.03 bits per heavy atom. The lowest BCUT2D eigenvalue weighted by molar-refractivity contribution is -0.127. The van der Waals surface area contributed by atoms with Gasteiger partial charge in [0, 0.05) is 44.4 Å². The van der Waals surface area contributed by atoms with Crippen LogP contribution in [0.4, 0.5) is 8.78 Å². The first-order chi connectivity index (χ1) is 18.5. The lowest BCUT2D eigenvalue weighted by Gasteiger charge is -2.34. The van der Waals surface area contributed by atoms with Crippen LogP contribution in [0.5, 0.6) is 11.5 Å². The molecule has 0 radical (unpaired) electrons. The predicted molar refractivity (Wildman–Crippen MR) is 142 cm³/mol. The molecule has 0 unspecified atom stereocenters. The van der Waals surface area contributed by atoms with Gasteiger partial charge in [0.05, 0.1) is 20.8 Å². The van der Waals surface area contributed by atoms with Crippen LogP contribution in [0.1, 0.15) is 22.8 Å². The third-order valence-electron chi connectivity index (χ3n) is 6.56. The van der Waals surface area contributed by atoms with Gasteiger partial charge in [0.25, 0.3) is 0 Å². The number of amides is 1. The van der Waals surface area contributed by atoms with E-state index in [2.05, 4.69) is 4.90 Å². The van der Waals surface area contributed by atoms with Gasteiger partial charge in [-0.1, -0.05) is 24.3 Å². The normalized spacial score (nSPS) is 14.3. The summed E-state index contributed by atoms with van der Waals surface area (Å²) in [6.07, 6.45) is 2.87. The molecule has 0 bridgehead atoms. The Labute approximate surface area is 222 Å². The van der Waals surface area contributed by atoms with Crippen molar-refractivity contribution in [3.05, 3.63) is 101 Å². The molecular weight excluding hydrogens is 490 g/mol. The fourth-order valence-corrected chi connectivity index (χ4v) is 4.39. The van der Waals surface area contributed by atoms with Gasteiger partial charge >= 0.3 is 0 Å². The van der Waals surface area contributed by atoms with Crippen LogP contribution in [0.2, 0.25) is 0 Å². The summed E-state index contributed by atoms with van der Waals surface area (Å²) in [5.74, 6) is 0.653. The van der Waals surface area contributed by atoms with Gasteiger partial charge in [-0.05, 0) is 59.7 Å². The van der Waals surface area contributed by atoms with Gasteiger partial charge in [0.2, 0.25) is 5.91 Å². The molecule has 3 aromatic rings. The number of hydrogen-bond acceptors (Lipinski definition) is 5. The van der Waals surface area contributed by atoms with Crippen LogP contribution in [-0.4, -0.2) is 69.3 Å². The van der Waals surface area contributed by atoms with Gasteiger partial charge in [0.1, 0.15) is 29.2 Å². The fourth-order valence-electron chi connectivity index (χ4n) is 4.39. The molecule has 0 N–H and O–H groups in total. The van der Waals surface area contributed by atoms with Crippen LogP contribution in [0.15, 0.2) is 72.8 Å². The Kier molecular flexibility index (Phi) is 9.46. The van der Waals surface area contributed by atoms with Crippen molar-refractivity contribution in [2.75, 3.05) is 53.6 Å². The number of piperazine rings is 1. The van der Waals surface area contributed by atoms with Gasteiger partial charge < -0.3 is 19.1 Å². The van der Waals surface area contributed by atoms with Crippen molar-refractivity contribution in [3.63, 3.8) is 0 Å². The van der Waals surface area contributed by atoms with Gasteiger partial charge in [0.15, 0.2) is 0 Å². The fraction of sp³-hybridized carbons (Fsp3) is 0.300. The van der Waals surface area contributed by atoms with Crippen molar-refractivity contribution in [1.29, 1.82) is 0 Å². The van der Waals surface area contributed by atoms with E-state index in [0.717, 1.165) is 29.8 Å². The number of carbonyl (C=O) groups excluding carboxylic acids is 1. The zero-order valence-electron chi connectivity index (χ0n) is 21.6. The van der Waals surface area contributed by atoms with Crippen molar-refractivity contribution < 1.29 is 27.8 Å². The minimum Gasteiger partial charge on any atom is -0.497 e. The molecule has 1 aliphatic rings. The van der Waals surface area contributed by atoms with E-state index in [9.17, 15) is 13.6 Å².